The van der Waals surface area contributed by atoms with E-state index in [4.69, 9.17) is 10.5 Å². The molecule has 1 aromatic carbocycles. The highest BCUT2D eigenvalue weighted by Crippen LogP contribution is 2.35. The number of pyridine rings is 1. The zero-order valence-corrected chi connectivity index (χ0v) is 13.5. The molecule has 5 heteroatoms. The summed E-state index contributed by atoms with van der Waals surface area (Å²) in [5, 5.41) is 0.882. The maximum absolute atomic E-state index is 12.7. The standard InChI is InChI=1S/C17H16N2O2S/c1-9-8-13(18)14-10(2)16(22-17(14)19-9)15(20)11-4-6-12(21-3)7-5-11/h4-8H,1-3H3,(H2,18,19). The van der Waals surface area contributed by atoms with E-state index in [2.05, 4.69) is 4.98 Å². The van der Waals surface area contributed by atoms with E-state index >= 15 is 0 Å². The van der Waals surface area contributed by atoms with Crippen molar-refractivity contribution in [3.8, 4) is 5.75 Å². The number of thiophene rings is 1. The van der Waals surface area contributed by atoms with Gasteiger partial charge in [-0.25, -0.2) is 4.98 Å². The van der Waals surface area contributed by atoms with Crippen molar-refractivity contribution in [2.24, 2.45) is 0 Å². The van der Waals surface area contributed by atoms with Crippen LogP contribution in [0.1, 0.15) is 26.5 Å². The number of anilines is 1. The fourth-order valence-electron chi connectivity index (χ4n) is 2.50. The molecule has 3 aromatic rings. The zero-order valence-electron chi connectivity index (χ0n) is 12.6. The summed E-state index contributed by atoms with van der Waals surface area (Å²) in [6.07, 6.45) is 0. The van der Waals surface area contributed by atoms with E-state index in [1.165, 1.54) is 11.3 Å². The van der Waals surface area contributed by atoms with Gasteiger partial charge in [0, 0.05) is 22.3 Å². The molecule has 0 aliphatic carbocycles. The maximum atomic E-state index is 12.7. The van der Waals surface area contributed by atoms with Crippen molar-refractivity contribution in [3.05, 3.63) is 52.0 Å². The summed E-state index contributed by atoms with van der Waals surface area (Å²) in [4.78, 5) is 18.7. The van der Waals surface area contributed by atoms with Crippen LogP contribution in [-0.4, -0.2) is 17.9 Å². The average Bonchev–Trinajstić information content (AvgIpc) is 2.83. The van der Waals surface area contributed by atoms with Crippen LogP contribution in [0.2, 0.25) is 0 Å². The number of fused-ring (bicyclic) bond motifs is 1. The molecule has 4 nitrogen and oxygen atoms in total. The Hall–Kier alpha value is -2.40. The first kappa shape index (κ1) is 14.5. The van der Waals surface area contributed by atoms with Gasteiger partial charge >= 0.3 is 0 Å². The molecule has 0 aliphatic rings. The molecule has 22 heavy (non-hydrogen) atoms. The van der Waals surface area contributed by atoms with Crippen molar-refractivity contribution in [2.45, 2.75) is 13.8 Å². The monoisotopic (exact) mass is 312 g/mol. The van der Waals surface area contributed by atoms with Gasteiger partial charge in [0.1, 0.15) is 10.6 Å². The summed E-state index contributed by atoms with van der Waals surface area (Å²) in [5.41, 5.74) is 9.14. The fraction of sp³-hybridized carbons (Fsp3) is 0.176. The molecule has 0 radical (unpaired) electrons. The number of nitrogens with zero attached hydrogens (tertiary/aromatic N) is 1. The van der Waals surface area contributed by atoms with Crippen LogP contribution in [0.25, 0.3) is 10.2 Å². The second-order valence-electron chi connectivity index (χ2n) is 5.15. The third kappa shape index (κ3) is 2.33. The Morgan fingerprint density at radius 3 is 2.55 bits per heavy atom. The van der Waals surface area contributed by atoms with Crippen molar-refractivity contribution in [1.29, 1.82) is 0 Å². The normalized spacial score (nSPS) is 10.9. The smallest absolute Gasteiger partial charge is 0.203 e. The molecule has 0 unspecified atom stereocenters. The van der Waals surface area contributed by atoms with Crippen molar-refractivity contribution < 1.29 is 9.53 Å². The molecule has 2 aromatic heterocycles. The van der Waals surface area contributed by atoms with Gasteiger partial charge in [0.25, 0.3) is 0 Å². The average molecular weight is 312 g/mol. The van der Waals surface area contributed by atoms with Gasteiger partial charge in [0.05, 0.1) is 12.0 Å². The van der Waals surface area contributed by atoms with Gasteiger partial charge in [0.15, 0.2) is 0 Å². The van der Waals surface area contributed by atoms with E-state index in [0.717, 1.165) is 27.2 Å². The first-order valence-corrected chi connectivity index (χ1v) is 7.68. The minimum absolute atomic E-state index is 0.0137. The Morgan fingerprint density at radius 2 is 1.91 bits per heavy atom. The van der Waals surface area contributed by atoms with Crippen LogP contribution in [0.4, 0.5) is 5.69 Å². The van der Waals surface area contributed by atoms with Gasteiger partial charge in [-0.1, -0.05) is 0 Å². The summed E-state index contributed by atoms with van der Waals surface area (Å²) in [5.74, 6) is 0.714. The number of ether oxygens (including phenoxy) is 1. The number of rotatable bonds is 3. The molecule has 3 rings (SSSR count). The molecule has 2 heterocycles. The predicted molar refractivity (Wildman–Crippen MR) is 89.9 cm³/mol. The van der Waals surface area contributed by atoms with Gasteiger partial charge in [-0.3, -0.25) is 4.79 Å². The topological polar surface area (TPSA) is 65.2 Å². The van der Waals surface area contributed by atoms with Crippen molar-refractivity contribution in [2.75, 3.05) is 12.8 Å². The van der Waals surface area contributed by atoms with E-state index in [1.54, 1.807) is 31.4 Å². The lowest BCUT2D eigenvalue weighted by Crippen LogP contribution is -2.00. The number of hydrogen-bond acceptors (Lipinski definition) is 5. The van der Waals surface area contributed by atoms with Crippen LogP contribution in [0.15, 0.2) is 30.3 Å². The fourth-order valence-corrected chi connectivity index (χ4v) is 3.72. The van der Waals surface area contributed by atoms with Gasteiger partial charge in [-0.15, -0.1) is 11.3 Å². The minimum atomic E-state index is -0.0137. The van der Waals surface area contributed by atoms with Gasteiger partial charge in [0.2, 0.25) is 5.78 Å². The second-order valence-corrected chi connectivity index (χ2v) is 6.15. The largest absolute Gasteiger partial charge is 0.497 e. The highest BCUT2D eigenvalue weighted by Gasteiger charge is 2.19. The number of aromatic nitrogens is 1. The number of hydrogen-bond donors (Lipinski definition) is 1. The number of nitrogen functional groups attached to an aromatic ring is 1. The Morgan fingerprint density at radius 1 is 1.23 bits per heavy atom. The lowest BCUT2D eigenvalue weighted by atomic mass is 10.0. The minimum Gasteiger partial charge on any atom is -0.497 e. The predicted octanol–water partition coefficient (Wildman–Crippen LogP) is 3.73. The SMILES string of the molecule is COc1ccc(C(=O)c2sc3nc(C)cc(N)c3c2C)cc1. The molecular formula is C17H16N2O2S. The molecule has 0 saturated heterocycles. The first-order chi connectivity index (χ1) is 10.5. The molecule has 0 fully saturated rings. The second kappa shape index (κ2) is 5.42. The van der Waals surface area contributed by atoms with Crippen molar-refractivity contribution in [3.63, 3.8) is 0 Å². The molecule has 0 aliphatic heterocycles. The number of methoxy groups -OCH3 is 1. The number of aryl methyl sites for hydroxylation is 2. The van der Waals surface area contributed by atoms with Crippen molar-refractivity contribution >= 4 is 33.0 Å². The Kier molecular flexibility index (Phi) is 3.58. The molecule has 0 spiro atoms. The van der Waals surface area contributed by atoms with Crippen LogP contribution >= 0.6 is 11.3 Å². The highest BCUT2D eigenvalue weighted by molar-refractivity contribution is 7.21. The quantitative estimate of drug-likeness (QED) is 0.748. The lowest BCUT2D eigenvalue weighted by Gasteiger charge is -2.03. The van der Waals surface area contributed by atoms with Crippen LogP contribution < -0.4 is 10.5 Å². The summed E-state index contributed by atoms with van der Waals surface area (Å²) in [7, 11) is 1.60. The van der Waals surface area contributed by atoms with Crippen LogP contribution in [0, 0.1) is 13.8 Å². The lowest BCUT2D eigenvalue weighted by molar-refractivity contribution is 0.104. The van der Waals surface area contributed by atoms with Gasteiger partial charge < -0.3 is 10.5 Å². The first-order valence-electron chi connectivity index (χ1n) is 6.86. The van der Waals surface area contributed by atoms with E-state index in [1.807, 2.05) is 19.9 Å². The van der Waals surface area contributed by atoms with Crippen LogP contribution in [0.3, 0.4) is 0 Å². The Balaban J connectivity index is 2.11. The van der Waals surface area contributed by atoms with Crippen LogP contribution in [-0.2, 0) is 0 Å². The summed E-state index contributed by atoms with van der Waals surface area (Å²) in [6.45, 7) is 3.82. The van der Waals surface area contributed by atoms with Gasteiger partial charge in [-0.2, -0.15) is 0 Å². The number of carbonyl (C=O) groups is 1. The van der Waals surface area contributed by atoms with Crippen molar-refractivity contribution in [1.82, 2.24) is 4.98 Å². The highest BCUT2D eigenvalue weighted by atomic mass is 32.1. The molecule has 112 valence electrons. The number of carbonyl (C=O) groups excluding carboxylic acids is 1. The third-order valence-electron chi connectivity index (χ3n) is 3.62. The molecule has 2 N–H and O–H groups in total. The molecule has 0 saturated carbocycles. The van der Waals surface area contributed by atoms with E-state index in [9.17, 15) is 4.79 Å². The molecule has 0 bridgehead atoms. The molecular weight excluding hydrogens is 296 g/mol. The number of benzene rings is 1. The van der Waals surface area contributed by atoms with Crippen LogP contribution in [0.5, 0.6) is 5.75 Å². The maximum Gasteiger partial charge on any atom is 0.203 e. The molecule has 0 atom stereocenters. The summed E-state index contributed by atoms with van der Waals surface area (Å²) < 4.78 is 5.12. The van der Waals surface area contributed by atoms with E-state index in [0.29, 0.717) is 16.1 Å². The summed E-state index contributed by atoms with van der Waals surface area (Å²) in [6, 6.07) is 8.95. The number of nitrogens with two attached hydrogens (primary N) is 1. The Labute approximate surface area is 132 Å². The third-order valence-corrected chi connectivity index (χ3v) is 4.80. The number of ketones is 1. The summed E-state index contributed by atoms with van der Waals surface area (Å²) >= 11 is 1.39. The van der Waals surface area contributed by atoms with Gasteiger partial charge in [-0.05, 0) is 49.7 Å². The zero-order chi connectivity index (χ0) is 15.9. The van der Waals surface area contributed by atoms with E-state index in [-0.39, 0.29) is 5.78 Å². The molecule has 0 amide bonds. The Bertz CT molecular complexity index is 866. The van der Waals surface area contributed by atoms with E-state index < -0.39 is 0 Å².